The monoisotopic (exact) mass is 334 g/mol. The van der Waals surface area contributed by atoms with Gasteiger partial charge in [0, 0.05) is 19.5 Å². The highest BCUT2D eigenvalue weighted by Gasteiger charge is 2.24. The van der Waals surface area contributed by atoms with Crippen molar-refractivity contribution in [2.24, 2.45) is 0 Å². The fourth-order valence-electron chi connectivity index (χ4n) is 2.45. The van der Waals surface area contributed by atoms with Crippen LogP contribution in [0.25, 0.3) is 0 Å². The Kier molecular flexibility index (Phi) is 8.90. The number of unbranched alkanes of at least 4 members (excludes halogenated alkanes) is 2. The predicted molar refractivity (Wildman–Crippen MR) is 95.8 cm³/mol. The standard InChI is InChI=1S/C19H30N2O3/c1-5-7-8-13-20-19(23)15(3)21(18(22)6-2)14-16-9-11-17(24-4)12-10-16/h9-12,15H,5-8,13-14H2,1-4H3,(H,20,23). The summed E-state index contributed by atoms with van der Waals surface area (Å²) in [5, 5.41) is 2.93. The third-order valence-corrected chi connectivity index (χ3v) is 4.06. The van der Waals surface area contributed by atoms with Gasteiger partial charge in [-0.1, -0.05) is 38.8 Å². The number of benzene rings is 1. The van der Waals surface area contributed by atoms with E-state index in [0.29, 0.717) is 19.5 Å². The Labute approximate surface area is 145 Å². The molecule has 0 saturated carbocycles. The number of ether oxygens (including phenoxy) is 1. The van der Waals surface area contributed by atoms with Gasteiger partial charge in [0.2, 0.25) is 11.8 Å². The van der Waals surface area contributed by atoms with Crippen molar-refractivity contribution < 1.29 is 14.3 Å². The first-order valence-corrected chi connectivity index (χ1v) is 8.73. The number of carbonyl (C=O) groups is 2. The second kappa shape index (κ2) is 10.7. The molecule has 0 saturated heterocycles. The summed E-state index contributed by atoms with van der Waals surface area (Å²) in [5.41, 5.74) is 0.975. The van der Waals surface area contributed by atoms with Crippen LogP contribution >= 0.6 is 0 Å². The van der Waals surface area contributed by atoms with Gasteiger partial charge in [-0.15, -0.1) is 0 Å². The molecule has 1 unspecified atom stereocenters. The summed E-state index contributed by atoms with van der Waals surface area (Å²) in [7, 11) is 1.62. The molecule has 0 aliphatic heterocycles. The Morgan fingerprint density at radius 1 is 1.17 bits per heavy atom. The maximum atomic E-state index is 12.3. The largest absolute Gasteiger partial charge is 0.497 e. The molecule has 1 rings (SSSR count). The van der Waals surface area contributed by atoms with Crippen molar-refractivity contribution in [3.63, 3.8) is 0 Å². The van der Waals surface area contributed by atoms with Gasteiger partial charge in [-0.05, 0) is 31.0 Å². The number of carbonyl (C=O) groups excluding carboxylic acids is 2. The van der Waals surface area contributed by atoms with Crippen molar-refractivity contribution in [2.45, 2.75) is 59.0 Å². The van der Waals surface area contributed by atoms with Gasteiger partial charge >= 0.3 is 0 Å². The molecule has 1 atom stereocenters. The van der Waals surface area contributed by atoms with Gasteiger partial charge in [0.05, 0.1) is 7.11 Å². The zero-order valence-corrected chi connectivity index (χ0v) is 15.3. The predicted octanol–water partition coefficient (Wildman–Crippen LogP) is 3.13. The van der Waals surface area contributed by atoms with Crippen LogP contribution in [0.3, 0.4) is 0 Å². The third kappa shape index (κ3) is 6.22. The van der Waals surface area contributed by atoms with E-state index in [1.165, 1.54) is 0 Å². The lowest BCUT2D eigenvalue weighted by atomic mass is 10.1. The molecule has 5 nitrogen and oxygen atoms in total. The maximum Gasteiger partial charge on any atom is 0.242 e. The van der Waals surface area contributed by atoms with Gasteiger partial charge in [0.1, 0.15) is 11.8 Å². The van der Waals surface area contributed by atoms with Crippen LogP contribution < -0.4 is 10.1 Å². The first-order valence-electron chi connectivity index (χ1n) is 8.73. The molecule has 0 aliphatic carbocycles. The molecule has 134 valence electrons. The van der Waals surface area contributed by atoms with Gasteiger partial charge in [-0.3, -0.25) is 9.59 Å². The van der Waals surface area contributed by atoms with E-state index in [1.807, 2.05) is 31.2 Å². The summed E-state index contributed by atoms with van der Waals surface area (Å²) in [4.78, 5) is 26.3. The second-order valence-electron chi connectivity index (χ2n) is 5.90. The van der Waals surface area contributed by atoms with Crippen LogP contribution in [-0.2, 0) is 16.1 Å². The zero-order valence-electron chi connectivity index (χ0n) is 15.3. The van der Waals surface area contributed by atoms with Crippen LogP contribution in [0.2, 0.25) is 0 Å². The minimum atomic E-state index is -0.485. The quantitative estimate of drug-likeness (QED) is 0.669. The van der Waals surface area contributed by atoms with Crippen LogP contribution in [-0.4, -0.2) is 36.4 Å². The molecule has 2 amide bonds. The third-order valence-electron chi connectivity index (χ3n) is 4.06. The number of nitrogens with zero attached hydrogens (tertiary/aromatic N) is 1. The Morgan fingerprint density at radius 2 is 1.83 bits per heavy atom. The average Bonchev–Trinajstić information content (AvgIpc) is 2.62. The molecular weight excluding hydrogens is 304 g/mol. The first kappa shape index (κ1) is 20.0. The Bertz CT molecular complexity index is 514. The van der Waals surface area contributed by atoms with Crippen molar-refractivity contribution >= 4 is 11.8 Å². The summed E-state index contributed by atoms with van der Waals surface area (Å²) >= 11 is 0. The summed E-state index contributed by atoms with van der Waals surface area (Å²) in [6.07, 6.45) is 3.56. The van der Waals surface area contributed by atoms with E-state index < -0.39 is 6.04 Å². The molecule has 1 aromatic rings. The van der Waals surface area contributed by atoms with E-state index >= 15 is 0 Å². The highest BCUT2D eigenvalue weighted by Crippen LogP contribution is 2.15. The topological polar surface area (TPSA) is 58.6 Å². The van der Waals surface area contributed by atoms with E-state index in [1.54, 1.807) is 18.9 Å². The van der Waals surface area contributed by atoms with Crippen molar-refractivity contribution in [3.05, 3.63) is 29.8 Å². The highest BCUT2D eigenvalue weighted by atomic mass is 16.5. The fraction of sp³-hybridized carbons (Fsp3) is 0.579. The van der Waals surface area contributed by atoms with E-state index in [0.717, 1.165) is 30.6 Å². The Hall–Kier alpha value is -2.04. The Balaban J connectivity index is 2.72. The second-order valence-corrected chi connectivity index (χ2v) is 5.90. The SMILES string of the molecule is CCCCCNC(=O)C(C)N(Cc1ccc(OC)cc1)C(=O)CC. The lowest BCUT2D eigenvalue weighted by Crippen LogP contribution is -2.47. The van der Waals surface area contributed by atoms with Gasteiger partial charge in [-0.2, -0.15) is 0 Å². The van der Waals surface area contributed by atoms with Crippen molar-refractivity contribution in [1.29, 1.82) is 0 Å². The minimum absolute atomic E-state index is 0.0259. The molecule has 0 aromatic heterocycles. The molecule has 0 spiro atoms. The van der Waals surface area contributed by atoms with Crippen LogP contribution in [0.4, 0.5) is 0 Å². The highest BCUT2D eigenvalue weighted by molar-refractivity contribution is 5.87. The van der Waals surface area contributed by atoms with E-state index in [-0.39, 0.29) is 11.8 Å². The minimum Gasteiger partial charge on any atom is -0.497 e. The van der Waals surface area contributed by atoms with Crippen LogP contribution in [0, 0.1) is 0 Å². The summed E-state index contributed by atoms with van der Waals surface area (Å²) < 4.78 is 5.15. The van der Waals surface area contributed by atoms with Gasteiger partial charge in [0.15, 0.2) is 0 Å². The van der Waals surface area contributed by atoms with Gasteiger partial charge in [-0.25, -0.2) is 0 Å². The molecule has 0 aliphatic rings. The molecule has 1 aromatic carbocycles. The molecule has 5 heteroatoms. The fourth-order valence-corrected chi connectivity index (χ4v) is 2.45. The maximum absolute atomic E-state index is 12.3. The van der Waals surface area contributed by atoms with E-state index in [9.17, 15) is 9.59 Å². The molecule has 0 fully saturated rings. The number of amides is 2. The van der Waals surface area contributed by atoms with E-state index in [2.05, 4.69) is 12.2 Å². The summed E-state index contributed by atoms with van der Waals surface area (Å²) in [6, 6.07) is 7.07. The molecule has 0 bridgehead atoms. The summed E-state index contributed by atoms with van der Waals surface area (Å²) in [5.74, 6) is 0.650. The van der Waals surface area contributed by atoms with Crippen molar-refractivity contribution in [2.75, 3.05) is 13.7 Å². The van der Waals surface area contributed by atoms with Crippen LogP contribution in [0.5, 0.6) is 5.75 Å². The van der Waals surface area contributed by atoms with E-state index in [4.69, 9.17) is 4.74 Å². The number of hydrogen-bond acceptors (Lipinski definition) is 3. The number of nitrogens with one attached hydrogen (secondary N) is 1. The average molecular weight is 334 g/mol. The lowest BCUT2D eigenvalue weighted by molar-refractivity contribution is -0.140. The van der Waals surface area contributed by atoms with Gasteiger partial charge < -0.3 is 15.0 Å². The van der Waals surface area contributed by atoms with Crippen LogP contribution in [0.15, 0.2) is 24.3 Å². The normalized spacial score (nSPS) is 11.7. The smallest absolute Gasteiger partial charge is 0.242 e. The molecule has 0 radical (unpaired) electrons. The molecule has 0 heterocycles. The first-order chi connectivity index (χ1) is 11.5. The Morgan fingerprint density at radius 3 is 2.38 bits per heavy atom. The van der Waals surface area contributed by atoms with Crippen LogP contribution in [0.1, 0.15) is 52.0 Å². The van der Waals surface area contributed by atoms with Gasteiger partial charge in [0.25, 0.3) is 0 Å². The zero-order chi connectivity index (χ0) is 17.9. The molecular formula is C19H30N2O3. The summed E-state index contributed by atoms with van der Waals surface area (Å²) in [6.45, 7) is 6.80. The molecule has 24 heavy (non-hydrogen) atoms. The van der Waals surface area contributed by atoms with Crippen molar-refractivity contribution in [1.82, 2.24) is 10.2 Å². The number of hydrogen-bond donors (Lipinski definition) is 1. The number of rotatable bonds is 10. The lowest BCUT2D eigenvalue weighted by Gasteiger charge is -2.28. The molecule has 1 N–H and O–H groups in total. The van der Waals surface area contributed by atoms with Crippen molar-refractivity contribution in [3.8, 4) is 5.75 Å². The number of methoxy groups -OCH3 is 1.